The maximum Gasteiger partial charge on any atom is 0.247 e. The Kier molecular flexibility index (Phi) is 3.72. The summed E-state index contributed by atoms with van der Waals surface area (Å²) >= 11 is 5.82. The van der Waals surface area contributed by atoms with E-state index in [0.717, 1.165) is 4.90 Å². The molecule has 3 N–H and O–H groups in total. The number of nitrogens with two attached hydrogens (primary N) is 1. The summed E-state index contributed by atoms with van der Waals surface area (Å²) < 4.78 is 26.5. The Balaban J connectivity index is 2.31. The average Bonchev–Trinajstić information content (AvgIpc) is 2.59. The lowest BCUT2D eigenvalue weighted by Gasteiger charge is -2.13. The number of nitrogens with zero attached hydrogens (tertiary/aromatic N) is 1. The quantitative estimate of drug-likeness (QED) is 0.600. The number of hydrogen-bond acceptors (Lipinski definition) is 5. The predicted octanol–water partition coefficient (Wildman–Crippen LogP) is -0.0422. The van der Waals surface area contributed by atoms with Crippen LogP contribution >= 0.6 is 11.6 Å². The van der Waals surface area contributed by atoms with Crippen molar-refractivity contribution in [2.24, 2.45) is 0 Å². The molecule has 1 saturated heterocycles. The summed E-state index contributed by atoms with van der Waals surface area (Å²) in [4.78, 5) is 23.7. The second-order valence-electron chi connectivity index (χ2n) is 4.36. The third kappa shape index (κ3) is 2.62. The molecule has 1 unspecified atom stereocenters. The maximum absolute atomic E-state index is 12.2. The number of carbonyl (C=O) groups is 2. The molecule has 108 valence electrons. The fourth-order valence-electron chi connectivity index (χ4n) is 1.82. The Bertz CT molecular complexity index is 689. The van der Waals surface area contributed by atoms with Crippen LogP contribution in [-0.2, 0) is 19.6 Å². The topological polar surface area (TPSA) is 110 Å². The van der Waals surface area contributed by atoms with Crippen LogP contribution in [0.25, 0.3) is 0 Å². The fourth-order valence-corrected chi connectivity index (χ4v) is 3.55. The molecular weight excluding hydrogens is 306 g/mol. The van der Waals surface area contributed by atoms with Crippen LogP contribution in [0, 0.1) is 0 Å². The van der Waals surface area contributed by atoms with Gasteiger partial charge >= 0.3 is 0 Å². The Morgan fingerprint density at radius 3 is 2.60 bits per heavy atom. The first-order chi connectivity index (χ1) is 9.22. The van der Waals surface area contributed by atoms with E-state index < -0.39 is 27.9 Å². The number of imide groups is 1. The number of nitrogen functional groups attached to an aromatic ring is 1. The zero-order valence-corrected chi connectivity index (χ0v) is 12.0. The van der Waals surface area contributed by atoms with Crippen LogP contribution in [0.2, 0.25) is 5.02 Å². The summed E-state index contributed by atoms with van der Waals surface area (Å²) in [6, 6.07) is 2.88. The van der Waals surface area contributed by atoms with Crippen LogP contribution in [0.3, 0.4) is 0 Å². The first-order valence-electron chi connectivity index (χ1n) is 5.60. The van der Waals surface area contributed by atoms with Crippen molar-refractivity contribution in [3.63, 3.8) is 0 Å². The monoisotopic (exact) mass is 317 g/mol. The molecule has 1 heterocycles. The molecule has 2 amide bonds. The molecule has 1 fully saturated rings. The highest BCUT2D eigenvalue weighted by Crippen LogP contribution is 2.24. The van der Waals surface area contributed by atoms with Gasteiger partial charge in [-0.3, -0.25) is 14.5 Å². The average molecular weight is 318 g/mol. The zero-order chi connectivity index (χ0) is 15.1. The molecule has 0 aromatic heterocycles. The third-order valence-electron chi connectivity index (χ3n) is 2.92. The summed E-state index contributed by atoms with van der Waals surface area (Å²) in [6.07, 6.45) is -0.214. The normalized spacial score (nSPS) is 19.7. The maximum atomic E-state index is 12.2. The summed E-state index contributed by atoms with van der Waals surface area (Å²) in [7, 11) is -2.74. The number of benzene rings is 1. The summed E-state index contributed by atoms with van der Waals surface area (Å²) in [5, 5.41) is -0.0168. The van der Waals surface area contributed by atoms with Crippen molar-refractivity contribution in [2.45, 2.75) is 17.4 Å². The predicted molar refractivity (Wildman–Crippen MR) is 72.4 cm³/mol. The lowest BCUT2D eigenvalue weighted by Crippen LogP contribution is -2.40. The van der Waals surface area contributed by atoms with E-state index in [9.17, 15) is 18.0 Å². The molecular formula is C11H12ClN3O4S. The van der Waals surface area contributed by atoms with Crippen molar-refractivity contribution in [3.05, 3.63) is 23.2 Å². The van der Waals surface area contributed by atoms with E-state index in [1.165, 1.54) is 25.2 Å². The summed E-state index contributed by atoms with van der Waals surface area (Å²) in [6.45, 7) is 0. The van der Waals surface area contributed by atoms with Crippen molar-refractivity contribution >= 4 is 39.1 Å². The van der Waals surface area contributed by atoms with Crippen molar-refractivity contribution in [2.75, 3.05) is 12.8 Å². The molecule has 1 aliphatic heterocycles. The van der Waals surface area contributed by atoms with Gasteiger partial charge in [0.25, 0.3) is 0 Å². The molecule has 1 aromatic carbocycles. The molecule has 0 spiro atoms. The molecule has 1 aliphatic rings. The van der Waals surface area contributed by atoms with Gasteiger partial charge in [0.05, 0.1) is 11.4 Å². The Hall–Kier alpha value is -1.64. The number of halogens is 1. The number of amides is 2. The van der Waals surface area contributed by atoms with Crippen molar-refractivity contribution in [1.82, 2.24) is 9.62 Å². The smallest absolute Gasteiger partial charge is 0.247 e. The Labute approximate surface area is 120 Å². The third-order valence-corrected chi connectivity index (χ3v) is 4.88. The number of rotatable bonds is 3. The van der Waals surface area contributed by atoms with Gasteiger partial charge in [-0.15, -0.1) is 0 Å². The number of anilines is 1. The van der Waals surface area contributed by atoms with Gasteiger partial charge in [0.1, 0.15) is 10.9 Å². The van der Waals surface area contributed by atoms with Crippen LogP contribution in [0.4, 0.5) is 5.69 Å². The van der Waals surface area contributed by atoms with Crippen LogP contribution < -0.4 is 10.5 Å². The SMILES string of the molecule is CN1C(=O)CC(NS(=O)(=O)c2cc(N)ccc2Cl)C1=O. The van der Waals surface area contributed by atoms with Crippen LogP contribution in [0.1, 0.15) is 6.42 Å². The van der Waals surface area contributed by atoms with E-state index in [4.69, 9.17) is 17.3 Å². The van der Waals surface area contributed by atoms with Gasteiger partial charge in [0.15, 0.2) is 0 Å². The van der Waals surface area contributed by atoms with E-state index >= 15 is 0 Å². The molecule has 0 bridgehead atoms. The molecule has 0 saturated carbocycles. The van der Waals surface area contributed by atoms with Gasteiger partial charge < -0.3 is 5.73 Å². The number of carbonyl (C=O) groups excluding carboxylic acids is 2. The van der Waals surface area contributed by atoms with E-state index in [-0.39, 0.29) is 22.0 Å². The van der Waals surface area contributed by atoms with E-state index in [1.54, 1.807) is 0 Å². The van der Waals surface area contributed by atoms with Crippen molar-refractivity contribution in [3.8, 4) is 0 Å². The van der Waals surface area contributed by atoms with Crippen molar-refractivity contribution in [1.29, 1.82) is 0 Å². The highest BCUT2D eigenvalue weighted by molar-refractivity contribution is 7.89. The largest absolute Gasteiger partial charge is 0.399 e. The van der Waals surface area contributed by atoms with Gasteiger partial charge in [-0.1, -0.05) is 11.6 Å². The van der Waals surface area contributed by atoms with E-state index in [1.807, 2.05) is 0 Å². The van der Waals surface area contributed by atoms with E-state index in [0.29, 0.717) is 0 Å². The number of hydrogen-bond donors (Lipinski definition) is 2. The Morgan fingerprint density at radius 2 is 2.05 bits per heavy atom. The van der Waals surface area contributed by atoms with Gasteiger partial charge in [-0.05, 0) is 18.2 Å². The van der Waals surface area contributed by atoms with Crippen molar-refractivity contribution < 1.29 is 18.0 Å². The highest BCUT2D eigenvalue weighted by atomic mass is 35.5. The standard InChI is InChI=1S/C11H12ClN3O4S/c1-15-10(16)5-8(11(15)17)14-20(18,19)9-4-6(13)2-3-7(9)12/h2-4,8,14H,5,13H2,1H3. The lowest BCUT2D eigenvalue weighted by molar-refractivity contribution is -0.137. The fraction of sp³-hybridized carbons (Fsp3) is 0.273. The summed E-state index contributed by atoms with van der Waals surface area (Å²) in [5.41, 5.74) is 5.75. The first-order valence-corrected chi connectivity index (χ1v) is 7.46. The molecule has 1 atom stereocenters. The summed E-state index contributed by atoms with van der Waals surface area (Å²) in [5.74, 6) is -1.04. The zero-order valence-electron chi connectivity index (χ0n) is 10.5. The number of sulfonamides is 1. The minimum absolute atomic E-state index is 0.0168. The Morgan fingerprint density at radius 1 is 1.40 bits per heavy atom. The second kappa shape index (κ2) is 5.04. The molecule has 1 aromatic rings. The van der Waals surface area contributed by atoms with Gasteiger partial charge in [-0.2, -0.15) is 4.72 Å². The van der Waals surface area contributed by atoms with Gasteiger partial charge in [0, 0.05) is 12.7 Å². The van der Waals surface area contributed by atoms with Gasteiger partial charge in [-0.25, -0.2) is 8.42 Å². The first kappa shape index (κ1) is 14.8. The number of nitrogens with one attached hydrogen (secondary N) is 1. The van der Waals surface area contributed by atoms with E-state index in [2.05, 4.69) is 4.72 Å². The minimum Gasteiger partial charge on any atom is -0.399 e. The number of likely N-dealkylation sites (tertiary alicyclic amines) is 1. The van der Waals surface area contributed by atoms with Crippen LogP contribution in [0.15, 0.2) is 23.1 Å². The second-order valence-corrected chi connectivity index (χ2v) is 6.45. The molecule has 2 rings (SSSR count). The molecule has 7 nitrogen and oxygen atoms in total. The molecule has 0 radical (unpaired) electrons. The van der Waals surface area contributed by atoms with Gasteiger partial charge in [0.2, 0.25) is 21.8 Å². The minimum atomic E-state index is -4.04. The molecule has 0 aliphatic carbocycles. The number of likely N-dealkylation sites (N-methyl/N-ethyl adjacent to an activating group) is 1. The molecule has 20 heavy (non-hydrogen) atoms. The van der Waals surface area contributed by atoms with Crippen LogP contribution in [-0.4, -0.2) is 38.2 Å². The lowest BCUT2D eigenvalue weighted by atomic mass is 10.3. The highest BCUT2D eigenvalue weighted by Gasteiger charge is 2.39. The van der Waals surface area contributed by atoms with Crippen LogP contribution in [0.5, 0.6) is 0 Å². The molecule has 9 heteroatoms.